The first-order valence-electron chi connectivity index (χ1n) is 7.07. The van der Waals surface area contributed by atoms with Crippen molar-refractivity contribution in [3.63, 3.8) is 0 Å². The standard InChI is InChI=1S/C14H16N2O4S2/c17-13-2-1-8-16(13)10-3-5-11(6-4-10)22(19,20)15-12-7-9-21-14(12)18/h3-6,12,15H,1-2,7-9H2/t12-/m0/s1. The molecule has 3 rings (SSSR count). The SMILES string of the molecule is O=C1SCC[C@@H]1NS(=O)(=O)c1ccc(N2CCCC2=O)cc1. The molecule has 1 aromatic carbocycles. The van der Waals surface area contributed by atoms with Gasteiger partial charge in [0.25, 0.3) is 0 Å². The Morgan fingerprint density at radius 2 is 1.91 bits per heavy atom. The van der Waals surface area contributed by atoms with Gasteiger partial charge in [0, 0.05) is 24.4 Å². The molecule has 0 saturated carbocycles. The van der Waals surface area contributed by atoms with Crippen LogP contribution in [0.25, 0.3) is 0 Å². The van der Waals surface area contributed by atoms with Crippen molar-refractivity contribution in [2.45, 2.75) is 30.2 Å². The Hall–Kier alpha value is -1.38. The Morgan fingerprint density at radius 3 is 2.45 bits per heavy atom. The van der Waals surface area contributed by atoms with Gasteiger partial charge in [0.1, 0.15) is 0 Å². The molecule has 22 heavy (non-hydrogen) atoms. The third kappa shape index (κ3) is 3.04. The minimum Gasteiger partial charge on any atom is -0.312 e. The van der Waals surface area contributed by atoms with Crippen LogP contribution < -0.4 is 9.62 Å². The zero-order chi connectivity index (χ0) is 15.7. The number of rotatable bonds is 4. The predicted octanol–water partition coefficient (Wildman–Crippen LogP) is 1.12. The monoisotopic (exact) mass is 340 g/mol. The largest absolute Gasteiger partial charge is 0.312 e. The first kappa shape index (κ1) is 15.5. The molecule has 6 nitrogen and oxygen atoms in total. The van der Waals surface area contributed by atoms with Crippen LogP contribution in [0.2, 0.25) is 0 Å². The lowest BCUT2D eigenvalue weighted by molar-refractivity contribution is -0.117. The van der Waals surface area contributed by atoms with Crippen molar-refractivity contribution in [3.8, 4) is 0 Å². The Balaban J connectivity index is 1.76. The zero-order valence-corrected chi connectivity index (χ0v) is 13.5. The third-order valence-corrected chi connectivity index (χ3v) is 6.26. The van der Waals surface area contributed by atoms with Crippen LogP contribution in [-0.2, 0) is 19.6 Å². The number of anilines is 1. The number of carbonyl (C=O) groups is 2. The van der Waals surface area contributed by atoms with E-state index in [2.05, 4.69) is 4.72 Å². The number of nitrogens with one attached hydrogen (secondary N) is 1. The number of carbonyl (C=O) groups excluding carboxylic acids is 2. The van der Waals surface area contributed by atoms with Crippen molar-refractivity contribution in [1.82, 2.24) is 4.72 Å². The normalized spacial score (nSPS) is 22.5. The average Bonchev–Trinajstić information content (AvgIpc) is 3.08. The summed E-state index contributed by atoms with van der Waals surface area (Å²) in [6.45, 7) is 0.664. The second kappa shape index (κ2) is 6.02. The highest BCUT2D eigenvalue weighted by Gasteiger charge is 2.30. The number of sulfonamides is 1. The van der Waals surface area contributed by atoms with E-state index in [0.717, 1.165) is 18.2 Å². The van der Waals surface area contributed by atoms with E-state index in [-0.39, 0.29) is 15.9 Å². The molecule has 1 atom stereocenters. The lowest BCUT2D eigenvalue weighted by Gasteiger charge is -2.16. The van der Waals surface area contributed by atoms with E-state index < -0.39 is 16.1 Å². The molecule has 0 aromatic heterocycles. The first-order chi connectivity index (χ1) is 10.5. The van der Waals surface area contributed by atoms with Gasteiger partial charge in [-0.05, 0) is 37.1 Å². The van der Waals surface area contributed by atoms with Crippen molar-refractivity contribution < 1.29 is 18.0 Å². The highest BCUT2D eigenvalue weighted by atomic mass is 32.2. The van der Waals surface area contributed by atoms with E-state index >= 15 is 0 Å². The number of hydrogen-bond donors (Lipinski definition) is 1. The Morgan fingerprint density at radius 1 is 1.18 bits per heavy atom. The summed E-state index contributed by atoms with van der Waals surface area (Å²) in [5.41, 5.74) is 0.703. The highest BCUT2D eigenvalue weighted by molar-refractivity contribution is 8.14. The molecule has 118 valence electrons. The van der Waals surface area contributed by atoms with Crippen molar-refractivity contribution in [2.24, 2.45) is 0 Å². The Bertz CT molecular complexity index is 700. The number of hydrogen-bond acceptors (Lipinski definition) is 5. The van der Waals surface area contributed by atoms with E-state index in [1.165, 1.54) is 12.1 Å². The fraction of sp³-hybridized carbons (Fsp3) is 0.429. The molecule has 2 aliphatic heterocycles. The molecule has 0 unspecified atom stereocenters. The van der Waals surface area contributed by atoms with Gasteiger partial charge >= 0.3 is 0 Å². The van der Waals surface area contributed by atoms with E-state index in [0.29, 0.717) is 30.8 Å². The van der Waals surface area contributed by atoms with Crippen molar-refractivity contribution in [3.05, 3.63) is 24.3 Å². The molecule has 0 bridgehead atoms. The van der Waals surface area contributed by atoms with Gasteiger partial charge in [0.15, 0.2) is 0 Å². The molecular weight excluding hydrogens is 324 g/mol. The Kier molecular flexibility index (Phi) is 4.24. The van der Waals surface area contributed by atoms with Gasteiger partial charge in [0.2, 0.25) is 21.0 Å². The maximum atomic E-state index is 12.3. The van der Waals surface area contributed by atoms with E-state index in [1.54, 1.807) is 17.0 Å². The fourth-order valence-electron chi connectivity index (χ4n) is 2.58. The van der Waals surface area contributed by atoms with Crippen LogP contribution >= 0.6 is 11.8 Å². The molecular formula is C14H16N2O4S2. The molecule has 2 heterocycles. The highest BCUT2D eigenvalue weighted by Crippen LogP contribution is 2.24. The molecule has 1 amide bonds. The van der Waals surface area contributed by atoms with E-state index in [9.17, 15) is 18.0 Å². The number of nitrogens with zero attached hydrogens (tertiary/aromatic N) is 1. The lowest BCUT2D eigenvalue weighted by atomic mass is 10.3. The van der Waals surface area contributed by atoms with Crippen LogP contribution in [0.3, 0.4) is 0 Å². The third-order valence-electron chi connectivity index (χ3n) is 3.76. The summed E-state index contributed by atoms with van der Waals surface area (Å²) >= 11 is 1.15. The van der Waals surface area contributed by atoms with Crippen molar-refractivity contribution in [2.75, 3.05) is 17.2 Å². The van der Waals surface area contributed by atoms with Crippen LogP contribution in [0.4, 0.5) is 5.69 Å². The van der Waals surface area contributed by atoms with Crippen LogP contribution in [0.1, 0.15) is 19.3 Å². The molecule has 0 radical (unpaired) electrons. The Labute approximate surface area is 133 Å². The van der Waals surface area contributed by atoms with Crippen LogP contribution in [0, 0.1) is 0 Å². The predicted molar refractivity (Wildman–Crippen MR) is 84.2 cm³/mol. The summed E-state index contributed by atoms with van der Waals surface area (Å²) in [7, 11) is -3.72. The summed E-state index contributed by atoms with van der Waals surface area (Å²) in [5, 5.41) is -0.136. The summed E-state index contributed by atoms with van der Waals surface area (Å²) in [6.07, 6.45) is 1.87. The topological polar surface area (TPSA) is 83.6 Å². The maximum absolute atomic E-state index is 12.3. The van der Waals surface area contributed by atoms with Crippen LogP contribution in [-0.4, -0.2) is 37.8 Å². The molecule has 0 spiro atoms. The minimum atomic E-state index is -3.72. The molecule has 2 fully saturated rings. The number of thioether (sulfide) groups is 1. The van der Waals surface area contributed by atoms with Gasteiger partial charge in [0.05, 0.1) is 10.9 Å². The summed E-state index contributed by atoms with van der Waals surface area (Å²) in [4.78, 5) is 25.0. The van der Waals surface area contributed by atoms with Gasteiger partial charge < -0.3 is 4.90 Å². The van der Waals surface area contributed by atoms with E-state index in [4.69, 9.17) is 0 Å². The zero-order valence-electron chi connectivity index (χ0n) is 11.8. The van der Waals surface area contributed by atoms with Gasteiger partial charge in [-0.25, -0.2) is 8.42 Å². The van der Waals surface area contributed by atoms with Crippen molar-refractivity contribution in [1.29, 1.82) is 0 Å². The van der Waals surface area contributed by atoms with Crippen LogP contribution in [0.5, 0.6) is 0 Å². The number of benzene rings is 1. The molecule has 1 N–H and O–H groups in total. The summed E-state index contributed by atoms with van der Waals surface area (Å²) in [5.74, 6) is 0.699. The van der Waals surface area contributed by atoms with E-state index in [1.807, 2.05) is 0 Å². The van der Waals surface area contributed by atoms with Gasteiger partial charge in [-0.3, -0.25) is 9.59 Å². The van der Waals surface area contributed by atoms with Gasteiger partial charge in [-0.1, -0.05) is 11.8 Å². The second-order valence-electron chi connectivity index (χ2n) is 5.27. The fourth-order valence-corrected chi connectivity index (χ4v) is 4.82. The molecule has 2 aliphatic rings. The smallest absolute Gasteiger partial charge is 0.241 e. The van der Waals surface area contributed by atoms with Gasteiger partial charge in [-0.15, -0.1) is 0 Å². The van der Waals surface area contributed by atoms with Gasteiger partial charge in [-0.2, -0.15) is 4.72 Å². The number of amides is 1. The molecule has 2 saturated heterocycles. The minimum absolute atomic E-state index is 0.0577. The molecule has 8 heteroatoms. The average molecular weight is 340 g/mol. The molecule has 0 aliphatic carbocycles. The molecule has 1 aromatic rings. The van der Waals surface area contributed by atoms with Crippen LogP contribution in [0.15, 0.2) is 29.2 Å². The second-order valence-corrected chi connectivity index (χ2v) is 8.09. The quantitative estimate of drug-likeness (QED) is 0.888. The first-order valence-corrected chi connectivity index (χ1v) is 9.54. The summed E-state index contributed by atoms with van der Waals surface area (Å²) < 4.78 is 27.0. The summed E-state index contributed by atoms with van der Waals surface area (Å²) in [6, 6.07) is 5.55. The lowest BCUT2D eigenvalue weighted by Crippen LogP contribution is -2.37. The van der Waals surface area contributed by atoms with Crippen molar-refractivity contribution >= 4 is 38.5 Å². The maximum Gasteiger partial charge on any atom is 0.241 e.